The highest BCUT2D eigenvalue weighted by molar-refractivity contribution is 5.79. The Labute approximate surface area is 122 Å². The van der Waals surface area contributed by atoms with E-state index in [1.165, 1.54) is 7.11 Å². The van der Waals surface area contributed by atoms with Gasteiger partial charge in [-0.05, 0) is 18.6 Å². The van der Waals surface area contributed by atoms with Gasteiger partial charge in [0.25, 0.3) is 5.91 Å². The van der Waals surface area contributed by atoms with Crippen LogP contribution in [0.15, 0.2) is 36.4 Å². The van der Waals surface area contributed by atoms with Crippen molar-refractivity contribution in [3.63, 3.8) is 0 Å². The Balaban J connectivity index is 1.81. The molecule has 0 spiro atoms. The second kappa shape index (κ2) is 6.78. The van der Waals surface area contributed by atoms with E-state index in [1.54, 1.807) is 36.4 Å². The van der Waals surface area contributed by atoms with E-state index in [-0.39, 0.29) is 18.6 Å². The molecule has 0 bridgehead atoms. The van der Waals surface area contributed by atoms with Crippen molar-refractivity contribution in [2.45, 2.75) is 12.5 Å². The summed E-state index contributed by atoms with van der Waals surface area (Å²) in [5.74, 6) is -0.683. The number of carbonyl (C=O) groups is 2. The summed E-state index contributed by atoms with van der Waals surface area (Å²) in [6.45, 7) is -0.150. The molecule has 1 amide bonds. The predicted octanol–water partition coefficient (Wildman–Crippen LogP) is 1.22. The Morgan fingerprint density at radius 2 is 2.00 bits per heavy atom. The van der Waals surface area contributed by atoms with Crippen LogP contribution in [0.4, 0.5) is 0 Å². The topological polar surface area (TPSA) is 84.9 Å². The van der Waals surface area contributed by atoms with Gasteiger partial charge < -0.3 is 19.9 Å². The first-order valence-electron chi connectivity index (χ1n) is 6.56. The summed E-state index contributed by atoms with van der Waals surface area (Å²) >= 11 is 0. The Bertz CT molecular complexity index is 555. The maximum absolute atomic E-state index is 11.8. The molecule has 0 aliphatic heterocycles. The molecule has 1 aromatic carbocycles. The molecule has 2 rings (SSSR count). The third kappa shape index (κ3) is 3.98. The van der Waals surface area contributed by atoms with Crippen LogP contribution in [0, 0.1) is 5.92 Å². The number of carbonyl (C=O) groups excluding carboxylic acids is 1. The molecule has 0 fully saturated rings. The van der Waals surface area contributed by atoms with E-state index in [0.29, 0.717) is 17.9 Å². The van der Waals surface area contributed by atoms with Crippen LogP contribution in [0.1, 0.15) is 6.42 Å². The van der Waals surface area contributed by atoms with Crippen LogP contribution in [0.2, 0.25) is 0 Å². The smallest absolute Gasteiger partial charge is 0.310 e. The summed E-state index contributed by atoms with van der Waals surface area (Å²) in [6.07, 6.45) is 3.66. The lowest BCUT2D eigenvalue weighted by Crippen LogP contribution is -2.36. The minimum absolute atomic E-state index is 0.150. The standard InChI is InChI=1S/C15H17NO5/c1-20-12-4-2-3-5-13(12)21-9-14(17)16-11-7-6-10(8-11)15(18)19/h2-7,10-11H,8-9H2,1H3,(H,16,17)(H,18,19). The monoisotopic (exact) mass is 291 g/mol. The minimum Gasteiger partial charge on any atom is -0.493 e. The molecule has 0 heterocycles. The molecule has 2 N–H and O–H groups in total. The van der Waals surface area contributed by atoms with Crippen molar-refractivity contribution in [1.82, 2.24) is 5.32 Å². The van der Waals surface area contributed by atoms with E-state index in [0.717, 1.165) is 0 Å². The summed E-state index contributed by atoms with van der Waals surface area (Å²) in [5.41, 5.74) is 0. The molecule has 0 saturated carbocycles. The van der Waals surface area contributed by atoms with Gasteiger partial charge in [-0.15, -0.1) is 0 Å². The largest absolute Gasteiger partial charge is 0.493 e. The highest BCUT2D eigenvalue weighted by Crippen LogP contribution is 2.25. The van der Waals surface area contributed by atoms with Gasteiger partial charge in [0.1, 0.15) is 0 Å². The van der Waals surface area contributed by atoms with Crippen molar-refractivity contribution in [2.24, 2.45) is 5.92 Å². The number of benzene rings is 1. The van der Waals surface area contributed by atoms with Crippen LogP contribution in [0.3, 0.4) is 0 Å². The molecule has 0 radical (unpaired) electrons. The van der Waals surface area contributed by atoms with Crippen LogP contribution >= 0.6 is 0 Å². The molecule has 0 aromatic heterocycles. The normalized spacial score (nSPS) is 20.0. The Morgan fingerprint density at radius 3 is 2.62 bits per heavy atom. The molecule has 6 heteroatoms. The second-order valence-corrected chi connectivity index (χ2v) is 4.68. The maximum Gasteiger partial charge on any atom is 0.310 e. The van der Waals surface area contributed by atoms with Gasteiger partial charge in [0.15, 0.2) is 18.1 Å². The molecule has 2 unspecified atom stereocenters. The summed E-state index contributed by atoms with van der Waals surface area (Å²) in [4.78, 5) is 22.6. The zero-order chi connectivity index (χ0) is 15.2. The summed E-state index contributed by atoms with van der Waals surface area (Å²) in [7, 11) is 1.53. The van der Waals surface area contributed by atoms with Gasteiger partial charge in [-0.3, -0.25) is 9.59 Å². The van der Waals surface area contributed by atoms with Gasteiger partial charge in [0.2, 0.25) is 0 Å². The SMILES string of the molecule is COc1ccccc1OCC(=O)NC1C=CC(C(=O)O)C1. The fourth-order valence-electron chi connectivity index (χ4n) is 2.12. The van der Waals surface area contributed by atoms with Gasteiger partial charge in [0.05, 0.1) is 13.0 Å². The second-order valence-electron chi connectivity index (χ2n) is 4.68. The highest BCUT2D eigenvalue weighted by Gasteiger charge is 2.25. The lowest BCUT2D eigenvalue weighted by Gasteiger charge is -2.13. The molecule has 21 heavy (non-hydrogen) atoms. The van der Waals surface area contributed by atoms with Gasteiger partial charge >= 0.3 is 5.97 Å². The van der Waals surface area contributed by atoms with E-state index in [2.05, 4.69) is 5.32 Å². The number of hydrogen-bond donors (Lipinski definition) is 2. The lowest BCUT2D eigenvalue weighted by atomic mass is 10.1. The van der Waals surface area contributed by atoms with Crippen LogP contribution < -0.4 is 14.8 Å². The summed E-state index contributed by atoms with van der Waals surface area (Å²) < 4.78 is 10.5. The van der Waals surface area contributed by atoms with Gasteiger partial charge in [-0.1, -0.05) is 24.3 Å². The molecule has 1 aliphatic carbocycles. The Kier molecular flexibility index (Phi) is 4.81. The number of ether oxygens (including phenoxy) is 2. The zero-order valence-electron chi connectivity index (χ0n) is 11.6. The number of hydrogen-bond acceptors (Lipinski definition) is 4. The average molecular weight is 291 g/mol. The molecule has 6 nitrogen and oxygen atoms in total. The number of carboxylic acid groups (broad SMARTS) is 1. The van der Waals surface area contributed by atoms with E-state index < -0.39 is 11.9 Å². The molecule has 2 atom stereocenters. The average Bonchev–Trinajstić information content (AvgIpc) is 2.94. The summed E-state index contributed by atoms with van der Waals surface area (Å²) in [6, 6.07) is 6.78. The van der Waals surface area contributed by atoms with Crippen molar-refractivity contribution >= 4 is 11.9 Å². The van der Waals surface area contributed by atoms with Gasteiger partial charge in [-0.2, -0.15) is 0 Å². The Hall–Kier alpha value is -2.50. The number of rotatable bonds is 6. The van der Waals surface area contributed by atoms with E-state index >= 15 is 0 Å². The van der Waals surface area contributed by atoms with Crippen LogP contribution in [-0.2, 0) is 9.59 Å². The number of methoxy groups -OCH3 is 1. The minimum atomic E-state index is -0.881. The molecule has 112 valence electrons. The van der Waals surface area contributed by atoms with Gasteiger partial charge in [0, 0.05) is 6.04 Å². The van der Waals surface area contributed by atoms with Crippen LogP contribution in [-0.4, -0.2) is 36.7 Å². The predicted molar refractivity (Wildman–Crippen MR) is 75.3 cm³/mol. The number of para-hydroxylation sites is 2. The highest BCUT2D eigenvalue weighted by atomic mass is 16.5. The number of aliphatic carboxylic acids is 1. The molecular weight excluding hydrogens is 274 g/mol. The first-order chi connectivity index (χ1) is 10.1. The van der Waals surface area contributed by atoms with E-state index in [4.69, 9.17) is 14.6 Å². The fourth-order valence-corrected chi connectivity index (χ4v) is 2.12. The van der Waals surface area contributed by atoms with Crippen LogP contribution in [0.25, 0.3) is 0 Å². The van der Waals surface area contributed by atoms with Gasteiger partial charge in [-0.25, -0.2) is 0 Å². The lowest BCUT2D eigenvalue weighted by molar-refractivity contribution is -0.140. The number of amides is 1. The van der Waals surface area contributed by atoms with E-state index in [9.17, 15) is 9.59 Å². The van der Waals surface area contributed by atoms with Crippen molar-refractivity contribution in [2.75, 3.05) is 13.7 Å². The third-order valence-electron chi connectivity index (χ3n) is 3.18. The van der Waals surface area contributed by atoms with Crippen molar-refractivity contribution in [3.8, 4) is 11.5 Å². The first-order valence-corrected chi connectivity index (χ1v) is 6.56. The molecular formula is C15H17NO5. The third-order valence-corrected chi connectivity index (χ3v) is 3.18. The van der Waals surface area contributed by atoms with Crippen molar-refractivity contribution in [3.05, 3.63) is 36.4 Å². The van der Waals surface area contributed by atoms with Crippen molar-refractivity contribution < 1.29 is 24.2 Å². The van der Waals surface area contributed by atoms with E-state index in [1.807, 2.05) is 0 Å². The quantitative estimate of drug-likeness (QED) is 0.770. The van der Waals surface area contributed by atoms with Crippen LogP contribution in [0.5, 0.6) is 11.5 Å². The first kappa shape index (κ1) is 14.9. The van der Waals surface area contributed by atoms with Crippen molar-refractivity contribution in [1.29, 1.82) is 0 Å². The number of carboxylic acids is 1. The molecule has 1 aromatic rings. The Morgan fingerprint density at radius 1 is 1.29 bits per heavy atom. The fraction of sp³-hybridized carbons (Fsp3) is 0.333. The number of nitrogens with one attached hydrogen (secondary N) is 1. The molecule has 0 saturated heterocycles. The maximum atomic E-state index is 11.8. The summed E-state index contributed by atoms with van der Waals surface area (Å²) in [5, 5.41) is 11.6. The molecule has 1 aliphatic rings. The zero-order valence-corrected chi connectivity index (χ0v) is 11.6.